The van der Waals surface area contributed by atoms with Crippen LogP contribution in [0.5, 0.6) is 11.5 Å². The molecule has 0 unspecified atom stereocenters. The fourth-order valence-electron chi connectivity index (χ4n) is 1.63. The normalized spacial score (nSPS) is 10.3. The van der Waals surface area contributed by atoms with Gasteiger partial charge in [-0.25, -0.2) is 4.39 Å². The van der Waals surface area contributed by atoms with Gasteiger partial charge in [-0.3, -0.25) is 0 Å². The van der Waals surface area contributed by atoms with Gasteiger partial charge in [0, 0.05) is 4.47 Å². The molecule has 0 aromatic heterocycles. The van der Waals surface area contributed by atoms with E-state index in [2.05, 4.69) is 15.9 Å². The van der Waals surface area contributed by atoms with E-state index in [0.29, 0.717) is 11.5 Å². The molecule has 5 heteroatoms. The van der Waals surface area contributed by atoms with Gasteiger partial charge in [-0.05, 0) is 36.8 Å². The Labute approximate surface area is 124 Å². The molecule has 0 radical (unpaired) electrons. The number of hydrogen-bond acceptors (Lipinski definition) is 2. The third-order valence-corrected chi connectivity index (χ3v) is 3.29. The second kappa shape index (κ2) is 5.67. The molecule has 0 aliphatic heterocycles. The molecule has 2 aromatic rings. The number of nitrogens with two attached hydrogens (primary N) is 1. The summed E-state index contributed by atoms with van der Waals surface area (Å²) in [4.78, 5) is -0.0271. The molecule has 0 fully saturated rings. The second-order valence-electron chi connectivity index (χ2n) is 3.99. The fourth-order valence-corrected chi connectivity index (χ4v) is 2.17. The predicted octanol–water partition coefficient (Wildman–Crippen LogP) is 4.32. The van der Waals surface area contributed by atoms with Crippen molar-refractivity contribution in [2.45, 2.75) is 6.92 Å². The van der Waals surface area contributed by atoms with Crippen LogP contribution in [0.15, 0.2) is 40.9 Å². The van der Waals surface area contributed by atoms with Crippen LogP contribution in [0.4, 0.5) is 4.39 Å². The summed E-state index contributed by atoms with van der Waals surface area (Å²) in [5.74, 6) is 0.448. The molecule has 0 saturated carbocycles. The lowest BCUT2D eigenvalue weighted by atomic mass is 10.1. The number of benzene rings is 2. The molecule has 2 aromatic carbocycles. The van der Waals surface area contributed by atoms with Crippen molar-refractivity contribution in [3.05, 3.63) is 57.8 Å². The van der Waals surface area contributed by atoms with Gasteiger partial charge in [0.25, 0.3) is 0 Å². The third kappa shape index (κ3) is 3.11. The van der Waals surface area contributed by atoms with Crippen molar-refractivity contribution in [2.75, 3.05) is 0 Å². The summed E-state index contributed by atoms with van der Waals surface area (Å²) < 4.78 is 20.3. The molecule has 98 valence electrons. The van der Waals surface area contributed by atoms with Gasteiger partial charge in [0.2, 0.25) is 0 Å². The van der Waals surface area contributed by atoms with E-state index in [1.54, 1.807) is 12.1 Å². The van der Waals surface area contributed by atoms with Gasteiger partial charge in [-0.2, -0.15) is 0 Å². The lowest BCUT2D eigenvalue weighted by molar-refractivity contribution is 0.471. The molecule has 0 amide bonds. The van der Waals surface area contributed by atoms with Gasteiger partial charge in [0.1, 0.15) is 22.3 Å². The van der Waals surface area contributed by atoms with E-state index < -0.39 is 5.82 Å². The van der Waals surface area contributed by atoms with Crippen LogP contribution in [0.1, 0.15) is 11.1 Å². The molecular formula is C14H11BrFNOS. The highest BCUT2D eigenvalue weighted by Gasteiger charge is 2.14. The Morgan fingerprint density at radius 3 is 2.68 bits per heavy atom. The van der Waals surface area contributed by atoms with Crippen molar-refractivity contribution in [1.82, 2.24) is 0 Å². The number of ether oxygens (including phenoxy) is 1. The van der Waals surface area contributed by atoms with Crippen LogP contribution in [0.3, 0.4) is 0 Å². The first kappa shape index (κ1) is 14.0. The van der Waals surface area contributed by atoms with Crippen molar-refractivity contribution >= 4 is 33.1 Å². The fraction of sp³-hybridized carbons (Fsp3) is 0.0714. The minimum absolute atomic E-state index is 0.0271. The average molecular weight is 340 g/mol. The lowest BCUT2D eigenvalue weighted by Crippen LogP contribution is -2.13. The maximum Gasteiger partial charge on any atom is 0.140 e. The maximum atomic E-state index is 13.7. The summed E-state index contributed by atoms with van der Waals surface area (Å²) in [7, 11) is 0. The number of thiocarbonyl (C=S) groups is 1. The largest absolute Gasteiger partial charge is 0.456 e. The molecule has 0 heterocycles. The van der Waals surface area contributed by atoms with E-state index in [0.717, 1.165) is 10.0 Å². The maximum absolute atomic E-state index is 13.7. The van der Waals surface area contributed by atoms with E-state index in [9.17, 15) is 4.39 Å². The van der Waals surface area contributed by atoms with Crippen LogP contribution in [0.25, 0.3) is 0 Å². The number of halogens is 2. The Bertz CT molecular complexity index is 645. The zero-order valence-corrected chi connectivity index (χ0v) is 12.5. The van der Waals surface area contributed by atoms with Crippen LogP contribution >= 0.6 is 28.1 Å². The van der Waals surface area contributed by atoms with Crippen LogP contribution in [-0.4, -0.2) is 4.99 Å². The topological polar surface area (TPSA) is 35.2 Å². The molecule has 0 saturated heterocycles. The molecule has 0 aliphatic rings. The first-order valence-electron chi connectivity index (χ1n) is 5.51. The number of rotatable bonds is 3. The summed E-state index contributed by atoms with van der Waals surface area (Å²) in [6, 6.07) is 10.1. The van der Waals surface area contributed by atoms with Gasteiger partial charge < -0.3 is 10.5 Å². The van der Waals surface area contributed by atoms with Gasteiger partial charge in [0.05, 0.1) is 5.56 Å². The molecule has 2 rings (SSSR count). The van der Waals surface area contributed by atoms with Crippen LogP contribution in [-0.2, 0) is 0 Å². The van der Waals surface area contributed by atoms with E-state index >= 15 is 0 Å². The first-order chi connectivity index (χ1) is 8.99. The van der Waals surface area contributed by atoms with Gasteiger partial charge in [0.15, 0.2) is 0 Å². The minimum Gasteiger partial charge on any atom is -0.456 e. The quantitative estimate of drug-likeness (QED) is 0.845. The van der Waals surface area contributed by atoms with Crippen molar-refractivity contribution in [3.8, 4) is 11.5 Å². The zero-order valence-electron chi connectivity index (χ0n) is 10.1. The summed E-state index contributed by atoms with van der Waals surface area (Å²) in [5, 5.41) is 0. The van der Waals surface area contributed by atoms with E-state index in [4.69, 9.17) is 22.7 Å². The van der Waals surface area contributed by atoms with Crippen LogP contribution in [0, 0.1) is 12.7 Å². The molecule has 0 bridgehead atoms. The van der Waals surface area contributed by atoms with E-state index in [1.807, 2.05) is 25.1 Å². The Hall–Kier alpha value is -1.46. The molecule has 0 aliphatic carbocycles. The highest BCUT2D eigenvalue weighted by molar-refractivity contribution is 9.10. The highest BCUT2D eigenvalue weighted by Crippen LogP contribution is 2.31. The van der Waals surface area contributed by atoms with Gasteiger partial charge in [-0.1, -0.05) is 40.3 Å². The zero-order chi connectivity index (χ0) is 14.0. The highest BCUT2D eigenvalue weighted by atomic mass is 79.9. The van der Waals surface area contributed by atoms with Crippen molar-refractivity contribution < 1.29 is 9.13 Å². The second-order valence-corrected chi connectivity index (χ2v) is 5.34. The molecule has 0 spiro atoms. The Balaban J connectivity index is 2.46. The monoisotopic (exact) mass is 339 g/mol. The smallest absolute Gasteiger partial charge is 0.140 e. The average Bonchev–Trinajstić information content (AvgIpc) is 2.33. The molecular weight excluding hydrogens is 329 g/mol. The Kier molecular flexibility index (Phi) is 4.17. The Morgan fingerprint density at radius 1 is 1.26 bits per heavy atom. The predicted molar refractivity (Wildman–Crippen MR) is 81.2 cm³/mol. The van der Waals surface area contributed by atoms with Gasteiger partial charge >= 0.3 is 0 Å². The Morgan fingerprint density at radius 2 is 2.00 bits per heavy atom. The number of aryl methyl sites for hydroxylation is 1. The van der Waals surface area contributed by atoms with Crippen molar-refractivity contribution in [3.63, 3.8) is 0 Å². The third-order valence-electron chi connectivity index (χ3n) is 2.59. The van der Waals surface area contributed by atoms with Crippen molar-refractivity contribution in [1.29, 1.82) is 0 Å². The molecule has 19 heavy (non-hydrogen) atoms. The summed E-state index contributed by atoms with van der Waals surface area (Å²) in [6.07, 6.45) is 0. The molecule has 2 nitrogen and oxygen atoms in total. The summed E-state index contributed by atoms with van der Waals surface area (Å²) >= 11 is 8.23. The van der Waals surface area contributed by atoms with Crippen molar-refractivity contribution in [2.24, 2.45) is 5.73 Å². The molecule has 2 N–H and O–H groups in total. The lowest BCUT2D eigenvalue weighted by Gasteiger charge is -2.13. The number of hydrogen-bond donors (Lipinski definition) is 1. The first-order valence-corrected chi connectivity index (χ1v) is 6.71. The molecule has 0 atom stereocenters. The van der Waals surface area contributed by atoms with Crippen LogP contribution in [0.2, 0.25) is 0 Å². The summed E-state index contributed by atoms with van der Waals surface area (Å²) in [6.45, 7) is 1.90. The minimum atomic E-state index is -0.488. The van der Waals surface area contributed by atoms with Crippen LogP contribution < -0.4 is 10.5 Å². The van der Waals surface area contributed by atoms with E-state index in [-0.39, 0.29) is 10.6 Å². The standard InChI is InChI=1S/C14H11BrFNOS/c1-8-5-6-9(15)7-12(8)18-11-4-2-3-10(16)13(11)14(17)19/h2-7H,1H3,(H2,17,19). The summed E-state index contributed by atoms with van der Waals surface area (Å²) in [5.41, 5.74) is 6.59. The van der Waals surface area contributed by atoms with E-state index in [1.165, 1.54) is 6.07 Å². The SMILES string of the molecule is Cc1ccc(Br)cc1Oc1cccc(F)c1C(N)=S. The van der Waals surface area contributed by atoms with Gasteiger partial charge in [-0.15, -0.1) is 0 Å².